The van der Waals surface area contributed by atoms with Crippen molar-refractivity contribution in [3.05, 3.63) is 27.7 Å². The molecule has 0 unspecified atom stereocenters. The number of rotatable bonds is 8. The molecule has 6 heteroatoms. The van der Waals surface area contributed by atoms with Crippen LogP contribution in [0.4, 0.5) is 0 Å². The fourth-order valence-electron chi connectivity index (χ4n) is 3.09. The minimum Gasteiger partial charge on any atom is -0.491 e. The first-order valence-corrected chi connectivity index (χ1v) is 9.49. The molecule has 0 aromatic heterocycles. The zero-order valence-electron chi connectivity index (χ0n) is 14.5. The van der Waals surface area contributed by atoms with Gasteiger partial charge < -0.3 is 20.1 Å². The van der Waals surface area contributed by atoms with E-state index in [0.717, 1.165) is 31.6 Å². The Morgan fingerprint density at radius 3 is 2.71 bits per heavy atom. The van der Waals surface area contributed by atoms with Crippen LogP contribution in [0.15, 0.2) is 12.1 Å². The third-order valence-electron chi connectivity index (χ3n) is 4.27. The quantitative estimate of drug-likeness (QED) is 0.731. The minimum atomic E-state index is -0.298. The fraction of sp³-hybridized carbons (Fsp3) is 0.667. The first kappa shape index (κ1) is 19.8. The second kappa shape index (κ2) is 9.83. The Balaban J connectivity index is 1.86. The summed E-state index contributed by atoms with van der Waals surface area (Å²) in [4.78, 5) is 2.46. The summed E-state index contributed by atoms with van der Waals surface area (Å²) < 4.78 is 5.47. The van der Waals surface area contributed by atoms with E-state index in [1.54, 1.807) is 0 Å². The van der Waals surface area contributed by atoms with Crippen LogP contribution < -0.4 is 10.1 Å². The molecular weight excluding hydrogens is 347 g/mol. The van der Waals surface area contributed by atoms with Crippen molar-refractivity contribution in [3.8, 4) is 5.75 Å². The van der Waals surface area contributed by atoms with Gasteiger partial charge in [0.2, 0.25) is 0 Å². The van der Waals surface area contributed by atoms with Crippen molar-refractivity contribution < 1.29 is 9.84 Å². The lowest BCUT2D eigenvalue weighted by Crippen LogP contribution is -2.47. The van der Waals surface area contributed by atoms with Crippen molar-refractivity contribution >= 4 is 23.2 Å². The van der Waals surface area contributed by atoms with E-state index in [4.69, 9.17) is 27.9 Å². The Bertz CT molecular complexity index is 503. The summed E-state index contributed by atoms with van der Waals surface area (Å²) in [7, 11) is 0. The van der Waals surface area contributed by atoms with Crippen LogP contribution in [-0.4, -0.2) is 54.9 Å². The number of likely N-dealkylation sites (tertiary alicyclic amines) is 1. The molecule has 1 aromatic rings. The van der Waals surface area contributed by atoms with Gasteiger partial charge in [-0.15, -0.1) is 0 Å². The summed E-state index contributed by atoms with van der Waals surface area (Å²) in [5.74, 6) is 0.574. The molecule has 0 bridgehead atoms. The molecule has 0 spiro atoms. The third kappa shape index (κ3) is 6.08. The molecule has 0 amide bonds. The molecule has 0 radical (unpaired) electrons. The number of halogens is 2. The number of hydrogen-bond donors (Lipinski definition) is 2. The van der Waals surface area contributed by atoms with E-state index in [2.05, 4.69) is 10.2 Å². The fourth-order valence-corrected chi connectivity index (χ4v) is 3.73. The maximum absolute atomic E-state index is 9.40. The van der Waals surface area contributed by atoms with Crippen molar-refractivity contribution in [2.75, 3.05) is 32.8 Å². The Hall–Kier alpha value is -0.520. The predicted molar refractivity (Wildman–Crippen MR) is 100 cm³/mol. The van der Waals surface area contributed by atoms with Gasteiger partial charge in [-0.3, -0.25) is 0 Å². The van der Waals surface area contributed by atoms with E-state index in [1.165, 1.54) is 12.8 Å². The molecule has 1 aliphatic heterocycles. The van der Waals surface area contributed by atoms with Gasteiger partial charge in [0.15, 0.2) is 5.75 Å². The van der Waals surface area contributed by atoms with Crippen molar-refractivity contribution in [1.82, 2.24) is 10.2 Å². The molecule has 1 fully saturated rings. The molecule has 2 rings (SSSR count). The molecule has 0 saturated carbocycles. The Labute approximate surface area is 155 Å². The number of aliphatic hydroxyl groups excluding tert-OH is 1. The van der Waals surface area contributed by atoms with Gasteiger partial charge in [-0.05, 0) is 57.4 Å². The van der Waals surface area contributed by atoms with Gasteiger partial charge >= 0.3 is 0 Å². The molecule has 0 aliphatic carbocycles. The van der Waals surface area contributed by atoms with E-state index >= 15 is 0 Å². The number of nitrogens with zero attached hydrogens (tertiary/aromatic N) is 1. The van der Waals surface area contributed by atoms with Crippen LogP contribution in [0.3, 0.4) is 0 Å². The molecule has 1 saturated heterocycles. The first-order valence-electron chi connectivity index (χ1n) is 8.74. The summed E-state index contributed by atoms with van der Waals surface area (Å²) in [6, 6.07) is 4.36. The Morgan fingerprint density at radius 1 is 1.38 bits per heavy atom. The average molecular weight is 375 g/mol. The highest BCUT2D eigenvalue weighted by Crippen LogP contribution is 2.34. The van der Waals surface area contributed by atoms with Crippen LogP contribution in [0.25, 0.3) is 0 Å². The maximum atomic E-state index is 9.40. The number of ether oxygens (including phenoxy) is 1. The van der Waals surface area contributed by atoms with E-state index in [0.29, 0.717) is 35.0 Å². The van der Waals surface area contributed by atoms with Gasteiger partial charge in [-0.25, -0.2) is 0 Å². The zero-order valence-corrected chi connectivity index (χ0v) is 16.0. The summed E-state index contributed by atoms with van der Waals surface area (Å²) in [5.41, 5.74) is 1.13. The number of benzene rings is 1. The monoisotopic (exact) mass is 374 g/mol. The average Bonchev–Trinajstić information content (AvgIpc) is 2.55. The molecule has 24 heavy (non-hydrogen) atoms. The lowest BCUT2D eigenvalue weighted by Gasteiger charge is -2.33. The molecular formula is C18H28Cl2N2O2. The smallest absolute Gasteiger partial charge is 0.156 e. The second-order valence-electron chi connectivity index (χ2n) is 6.47. The second-order valence-corrected chi connectivity index (χ2v) is 7.28. The van der Waals surface area contributed by atoms with Crippen molar-refractivity contribution in [3.63, 3.8) is 0 Å². The number of hydrogen-bond acceptors (Lipinski definition) is 4. The maximum Gasteiger partial charge on any atom is 0.156 e. The van der Waals surface area contributed by atoms with Crippen LogP contribution in [0.2, 0.25) is 10.0 Å². The van der Waals surface area contributed by atoms with Gasteiger partial charge in [0, 0.05) is 25.7 Å². The van der Waals surface area contributed by atoms with E-state index in [-0.39, 0.29) is 6.10 Å². The van der Waals surface area contributed by atoms with Crippen LogP contribution in [0, 0.1) is 0 Å². The summed E-state index contributed by atoms with van der Waals surface area (Å²) in [6.07, 6.45) is 2.97. The van der Waals surface area contributed by atoms with Crippen molar-refractivity contribution in [2.45, 2.75) is 45.3 Å². The van der Waals surface area contributed by atoms with Crippen LogP contribution in [0.1, 0.15) is 32.3 Å². The normalized spacial score (nSPS) is 20.1. The predicted octanol–water partition coefficient (Wildman–Crippen LogP) is 3.37. The zero-order chi connectivity index (χ0) is 17.5. The van der Waals surface area contributed by atoms with Crippen molar-refractivity contribution in [2.24, 2.45) is 0 Å². The van der Waals surface area contributed by atoms with Gasteiger partial charge in [0.05, 0.1) is 22.8 Å². The van der Waals surface area contributed by atoms with Crippen molar-refractivity contribution in [1.29, 1.82) is 0 Å². The van der Waals surface area contributed by atoms with Crippen LogP contribution >= 0.6 is 23.2 Å². The Kier molecular flexibility index (Phi) is 8.11. The highest BCUT2D eigenvalue weighted by Gasteiger charge is 2.19. The lowest BCUT2D eigenvalue weighted by atomic mass is 10.0. The first-order chi connectivity index (χ1) is 11.5. The highest BCUT2D eigenvalue weighted by molar-refractivity contribution is 6.37. The molecule has 1 heterocycles. The van der Waals surface area contributed by atoms with Gasteiger partial charge in [-0.1, -0.05) is 23.2 Å². The van der Waals surface area contributed by atoms with E-state index in [9.17, 15) is 5.11 Å². The number of piperidine rings is 1. The van der Waals surface area contributed by atoms with Crippen LogP contribution in [-0.2, 0) is 6.42 Å². The highest BCUT2D eigenvalue weighted by atomic mass is 35.5. The SMILES string of the molecule is CCOc1c(Cl)cc(CCN2CCC[C@H](NC[C@H](C)O)C2)cc1Cl. The third-order valence-corrected chi connectivity index (χ3v) is 4.83. The lowest BCUT2D eigenvalue weighted by molar-refractivity contribution is 0.157. The van der Waals surface area contributed by atoms with Gasteiger partial charge in [0.1, 0.15) is 0 Å². The molecule has 4 nitrogen and oxygen atoms in total. The summed E-state index contributed by atoms with van der Waals surface area (Å²) in [5, 5.41) is 14.0. The standard InChI is InChI=1S/C18H28Cl2N2O2/c1-3-24-18-16(19)9-14(10-17(18)20)6-8-22-7-4-5-15(12-22)21-11-13(2)23/h9-10,13,15,21,23H,3-8,11-12H2,1-2H3/t13-,15-/m0/s1. The largest absolute Gasteiger partial charge is 0.491 e. The summed E-state index contributed by atoms with van der Waals surface area (Å²) >= 11 is 12.5. The van der Waals surface area contributed by atoms with E-state index in [1.807, 2.05) is 26.0 Å². The van der Waals surface area contributed by atoms with Gasteiger partial charge in [0.25, 0.3) is 0 Å². The van der Waals surface area contributed by atoms with Crippen LogP contribution in [0.5, 0.6) is 5.75 Å². The molecule has 1 aliphatic rings. The Morgan fingerprint density at radius 2 is 2.08 bits per heavy atom. The number of aliphatic hydroxyl groups is 1. The number of nitrogens with one attached hydrogen (secondary N) is 1. The molecule has 2 atom stereocenters. The molecule has 1 aromatic carbocycles. The van der Waals surface area contributed by atoms with E-state index < -0.39 is 0 Å². The molecule has 136 valence electrons. The molecule has 2 N–H and O–H groups in total. The summed E-state index contributed by atoms with van der Waals surface area (Å²) in [6.45, 7) is 8.05. The van der Waals surface area contributed by atoms with Gasteiger partial charge in [-0.2, -0.15) is 0 Å². The topological polar surface area (TPSA) is 44.7 Å². The minimum absolute atomic E-state index is 0.298.